The highest BCUT2D eigenvalue weighted by atomic mass is 19.1. The van der Waals surface area contributed by atoms with Crippen molar-refractivity contribution in [1.82, 2.24) is 19.4 Å². The van der Waals surface area contributed by atoms with Crippen LogP contribution in [0.2, 0.25) is 0 Å². The maximum Gasteiger partial charge on any atom is 0.233 e. The normalized spacial score (nSPS) is 15.4. The van der Waals surface area contributed by atoms with Crippen LogP contribution in [0.1, 0.15) is 49.1 Å². The van der Waals surface area contributed by atoms with Gasteiger partial charge in [-0.2, -0.15) is 0 Å². The molecule has 6 nitrogen and oxygen atoms in total. The molecule has 35 heavy (non-hydrogen) atoms. The zero-order chi connectivity index (χ0) is 24.2. The van der Waals surface area contributed by atoms with Crippen LogP contribution in [0.25, 0.3) is 27.8 Å². The first-order chi connectivity index (χ1) is 17.0. The lowest BCUT2D eigenvalue weighted by Crippen LogP contribution is -2.12. The van der Waals surface area contributed by atoms with Gasteiger partial charge in [0.2, 0.25) is 5.78 Å². The highest BCUT2D eigenvalue weighted by Crippen LogP contribution is 2.53. The average molecular weight is 467 g/mol. The predicted molar refractivity (Wildman–Crippen MR) is 130 cm³/mol. The van der Waals surface area contributed by atoms with E-state index in [2.05, 4.69) is 39.2 Å². The van der Waals surface area contributed by atoms with Gasteiger partial charge in [-0.1, -0.05) is 31.2 Å². The van der Waals surface area contributed by atoms with Crippen LogP contribution in [-0.4, -0.2) is 30.2 Å². The molecule has 1 fully saturated rings. The number of aliphatic hydroxyl groups excluding tert-OH is 1. The van der Waals surface area contributed by atoms with Gasteiger partial charge in [0.15, 0.2) is 5.78 Å². The van der Waals surface area contributed by atoms with Gasteiger partial charge in [0.05, 0.1) is 17.4 Å². The number of ketones is 1. The fraction of sp³-hybridized carbons (Fsp3) is 0.214. The Labute approximate surface area is 201 Å². The number of hydrogen-bond acceptors (Lipinski definition) is 5. The SMILES string of the molecule is CCC(=O)C(O)c1ccc(-c2cnc3ncc(C4(c5ccc6ncccc6c5)CC4)n3c2)cc1F. The molecule has 0 bridgehead atoms. The fourth-order valence-corrected chi connectivity index (χ4v) is 4.86. The number of benzene rings is 2. The minimum absolute atomic E-state index is 0.0133. The molecule has 6 rings (SSSR count). The van der Waals surface area contributed by atoms with Gasteiger partial charge in [-0.3, -0.25) is 14.2 Å². The molecule has 1 atom stereocenters. The van der Waals surface area contributed by atoms with Crippen LogP contribution in [0, 0.1) is 5.82 Å². The Morgan fingerprint density at radius 2 is 1.91 bits per heavy atom. The molecule has 174 valence electrons. The molecule has 5 aromatic rings. The largest absolute Gasteiger partial charge is 0.380 e. The van der Waals surface area contributed by atoms with Crippen molar-refractivity contribution in [3.05, 3.63) is 96.0 Å². The van der Waals surface area contributed by atoms with Crippen molar-refractivity contribution in [2.45, 2.75) is 37.7 Å². The molecule has 1 aliphatic carbocycles. The summed E-state index contributed by atoms with van der Waals surface area (Å²) in [5.74, 6) is -0.452. The average Bonchev–Trinajstić information content (AvgIpc) is 3.59. The molecule has 1 aliphatic rings. The van der Waals surface area contributed by atoms with Gasteiger partial charge in [0, 0.05) is 46.9 Å². The lowest BCUT2D eigenvalue weighted by Gasteiger charge is -2.17. The van der Waals surface area contributed by atoms with E-state index in [9.17, 15) is 14.3 Å². The van der Waals surface area contributed by atoms with E-state index >= 15 is 0 Å². The first-order valence-corrected chi connectivity index (χ1v) is 11.7. The van der Waals surface area contributed by atoms with E-state index in [4.69, 9.17) is 0 Å². The van der Waals surface area contributed by atoms with E-state index in [1.54, 1.807) is 25.4 Å². The first kappa shape index (κ1) is 21.6. The van der Waals surface area contributed by atoms with E-state index in [0.29, 0.717) is 11.3 Å². The van der Waals surface area contributed by atoms with Gasteiger partial charge in [-0.05, 0) is 48.2 Å². The topological polar surface area (TPSA) is 80.4 Å². The van der Waals surface area contributed by atoms with Crippen molar-refractivity contribution in [2.75, 3.05) is 0 Å². The van der Waals surface area contributed by atoms with Gasteiger partial charge < -0.3 is 5.11 Å². The van der Waals surface area contributed by atoms with Crippen LogP contribution in [0.4, 0.5) is 4.39 Å². The molecule has 0 radical (unpaired) electrons. The van der Waals surface area contributed by atoms with Crippen molar-refractivity contribution in [3.63, 3.8) is 0 Å². The number of pyridine rings is 1. The van der Waals surface area contributed by atoms with Gasteiger partial charge in [0.1, 0.15) is 11.9 Å². The number of imidazole rings is 1. The molecule has 3 heterocycles. The molecule has 1 saturated carbocycles. The van der Waals surface area contributed by atoms with E-state index < -0.39 is 17.7 Å². The summed E-state index contributed by atoms with van der Waals surface area (Å²) in [5, 5.41) is 11.2. The van der Waals surface area contributed by atoms with Gasteiger partial charge in [0.25, 0.3) is 0 Å². The molecule has 7 heteroatoms. The Morgan fingerprint density at radius 3 is 2.69 bits per heavy atom. The summed E-state index contributed by atoms with van der Waals surface area (Å²) >= 11 is 0. The van der Waals surface area contributed by atoms with Gasteiger partial charge in [-0.25, -0.2) is 14.4 Å². The Hall–Kier alpha value is -3.97. The lowest BCUT2D eigenvalue weighted by atomic mass is 9.91. The third kappa shape index (κ3) is 3.51. The van der Waals surface area contributed by atoms with Crippen molar-refractivity contribution >= 4 is 22.5 Å². The summed E-state index contributed by atoms with van der Waals surface area (Å²) in [4.78, 5) is 25.3. The van der Waals surface area contributed by atoms with E-state index in [0.717, 1.165) is 35.0 Å². The second-order valence-corrected chi connectivity index (χ2v) is 9.11. The number of nitrogens with zero attached hydrogens (tertiary/aromatic N) is 4. The summed E-state index contributed by atoms with van der Waals surface area (Å²) in [6.45, 7) is 1.64. The first-order valence-electron chi connectivity index (χ1n) is 11.7. The number of aromatic nitrogens is 4. The molecule has 0 amide bonds. The van der Waals surface area contributed by atoms with Crippen molar-refractivity contribution in [2.24, 2.45) is 0 Å². The van der Waals surface area contributed by atoms with Crippen LogP contribution in [0.5, 0.6) is 0 Å². The number of Topliss-reactive ketones (excluding diaryl/α,β-unsaturated/α-hetero) is 1. The van der Waals surface area contributed by atoms with Crippen LogP contribution in [-0.2, 0) is 10.2 Å². The van der Waals surface area contributed by atoms with Crippen LogP contribution in [0.15, 0.2) is 73.3 Å². The van der Waals surface area contributed by atoms with Crippen molar-refractivity contribution in [1.29, 1.82) is 0 Å². The number of halogens is 1. The fourth-order valence-electron chi connectivity index (χ4n) is 4.86. The minimum atomic E-state index is -1.46. The smallest absolute Gasteiger partial charge is 0.233 e. The molecule has 1 unspecified atom stereocenters. The van der Waals surface area contributed by atoms with E-state index in [-0.39, 0.29) is 17.4 Å². The summed E-state index contributed by atoms with van der Waals surface area (Å²) in [6, 6.07) is 14.9. The third-order valence-corrected chi connectivity index (χ3v) is 7.04. The standard InChI is InChI=1S/C28H23FN4O2/c1-2-24(34)26(35)21-7-5-17(13-22(21)29)19-14-31-27-32-15-25(33(27)16-19)28(9-10-28)20-6-8-23-18(12-20)4-3-11-30-23/h3-8,11-16,26,35H,2,9-10H2,1H3. The molecule has 0 aliphatic heterocycles. The van der Waals surface area contributed by atoms with Crippen molar-refractivity contribution in [3.8, 4) is 11.1 Å². The zero-order valence-electron chi connectivity index (χ0n) is 19.1. The number of hydrogen-bond donors (Lipinski definition) is 1. The highest BCUT2D eigenvalue weighted by Gasteiger charge is 2.48. The third-order valence-electron chi connectivity index (χ3n) is 7.04. The second-order valence-electron chi connectivity index (χ2n) is 9.11. The Morgan fingerprint density at radius 1 is 1.09 bits per heavy atom. The summed E-state index contributed by atoms with van der Waals surface area (Å²) in [6.07, 6.45) is 7.95. The summed E-state index contributed by atoms with van der Waals surface area (Å²) in [7, 11) is 0. The summed E-state index contributed by atoms with van der Waals surface area (Å²) in [5.41, 5.74) is 4.39. The molecular formula is C28H23FN4O2. The number of carbonyl (C=O) groups is 1. The van der Waals surface area contributed by atoms with Crippen LogP contribution < -0.4 is 0 Å². The predicted octanol–water partition coefficient (Wildman–Crippen LogP) is 5.18. The Balaban J connectivity index is 1.40. The maximum atomic E-state index is 14.8. The number of rotatable bonds is 6. The molecule has 0 saturated heterocycles. The van der Waals surface area contributed by atoms with E-state index in [1.165, 1.54) is 17.7 Å². The number of carbonyl (C=O) groups excluding carboxylic acids is 1. The molecular weight excluding hydrogens is 443 g/mol. The molecule has 3 aromatic heterocycles. The Bertz CT molecular complexity index is 1610. The molecule has 1 N–H and O–H groups in total. The molecule has 2 aromatic carbocycles. The second kappa shape index (κ2) is 8.06. The number of aliphatic hydroxyl groups is 1. The monoisotopic (exact) mass is 466 g/mol. The van der Waals surface area contributed by atoms with E-state index in [1.807, 2.05) is 22.9 Å². The van der Waals surface area contributed by atoms with Crippen LogP contribution >= 0.6 is 0 Å². The zero-order valence-corrected chi connectivity index (χ0v) is 19.1. The Kier molecular flexibility index (Phi) is 4.96. The van der Waals surface area contributed by atoms with Gasteiger partial charge >= 0.3 is 0 Å². The van der Waals surface area contributed by atoms with Crippen molar-refractivity contribution < 1.29 is 14.3 Å². The summed E-state index contributed by atoms with van der Waals surface area (Å²) < 4.78 is 16.8. The minimum Gasteiger partial charge on any atom is -0.380 e. The lowest BCUT2D eigenvalue weighted by molar-refractivity contribution is -0.127. The quantitative estimate of drug-likeness (QED) is 0.373. The highest BCUT2D eigenvalue weighted by molar-refractivity contribution is 5.84. The molecule has 0 spiro atoms. The van der Waals surface area contributed by atoms with Gasteiger partial charge in [-0.15, -0.1) is 0 Å². The number of fused-ring (bicyclic) bond motifs is 2. The maximum absolute atomic E-state index is 14.8. The van der Waals surface area contributed by atoms with Crippen LogP contribution in [0.3, 0.4) is 0 Å².